The summed E-state index contributed by atoms with van der Waals surface area (Å²) in [5.41, 5.74) is 7.44. The molecule has 2 fully saturated rings. The first-order valence-corrected chi connectivity index (χ1v) is 13.1. The maximum Gasteiger partial charge on any atom is 0.247 e. The van der Waals surface area contributed by atoms with E-state index in [1.54, 1.807) is 0 Å². The Bertz CT molecular complexity index is 991. The van der Waals surface area contributed by atoms with Crippen molar-refractivity contribution in [3.63, 3.8) is 0 Å². The summed E-state index contributed by atoms with van der Waals surface area (Å²) < 4.78 is 15.2. The van der Waals surface area contributed by atoms with Gasteiger partial charge >= 0.3 is 0 Å². The molecule has 2 saturated heterocycles. The molecule has 4 aliphatic rings. The zero-order chi connectivity index (χ0) is 21.0. The topological polar surface area (TPSA) is 77.2 Å². The summed E-state index contributed by atoms with van der Waals surface area (Å²) >= 11 is 0. The van der Waals surface area contributed by atoms with Crippen molar-refractivity contribution in [1.82, 2.24) is 24.4 Å². The molecule has 1 aromatic heterocycles. The Labute approximate surface area is 186 Å². The summed E-state index contributed by atoms with van der Waals surface area (Å²) in [5, 5.41) is 11.3. The van der Waals surface area contributed by atoms with Crippen LogP contribution in [0.5, 0.6) is 0 Å². The minimum atomic E-state index is -1.28. The van der Waals surface area contributed by atoms with Gasteiger partial charge < -0.3 is 5.32 Å². The van der Waals surface area contributed by atoms with Gasteiger partial charge in [-0.15, -0.1) is 5.10 Å². The molecular formula is C23H32N6OS. The average Bonchev–Trinajstić information content (AvgIpc) is 3.53. The molecule has 2 aliphatic heterocycles. The molecule has 8 heteroatoms. The SMILES string of the molecule is CCN1CCC12CCN(S(=O)c1nc(Nc3c4c(cc5c3CCC5)CCC4)n[nH]1)CC2. The predicted molar refractivity (Wildman–Crippen MR) is 122 cm³/mol. The van der Waals surface area contributed by atoms with E-state index >= 15 is 0 Å². The summed E-state index contributed by atoms with van der Waals surface area (Å²) in [7, 11) is -1.28. The monoisotopic (exact) mass is 440 g/mol. The molecule has 0 bridgehead atoms. The molecule has 166 valence electrons. The number of aromatic amines is 1. The summed E-state index contributed by atoms with van der Waals surface area (Å²) in [6.07, 6.45) is 10.5. The second kappa shape index (κ2) is 7.67. The summed E-state index contributed by atoms with van der Waals surface area (Å²) in [6.45, 7) is 6.28. The summed E-state index contributed by atoms with van der Waals surface area (Å²) in [4.78, 5) is 7.19. The van der Waals surface area contributed by atoms with Gasteiger partial charge in [-0.05, 0) is 86.6 Å². The summed E-state index contributed by atoms with van der Waals surface area (Å²) in [5.74, 6) is 0.544. The van der Waals surface area contributed by atoms with Crippen molar-refractivity contribution in [2.75, 3.05) is 31.5 Å². The van der Waals surface area contributed by atoms with E-state index in [9.17, 15) is 4.21 Å². The number of nitrogens with one attached hydrogen (secondary N) is 2. The highest BCUT2D eigenvalue weighted by molar-refractivity contribution is 7.82. The van der Waals surface area contributed by atoms with Crippen LogP contribution in [0, 0.1) is 0 Å². The Kier molecular flexibility index (Phi) is 4.92. The molecule has 0 saturated carbocycles. The Balaban J connectivity index is 1.17. The largest absolute Gasteiger partial charge is 0.322 e. The van der Waals surface area contributed by atoms with Gasteiger partial charge in [-0.1, -0.05) is 13.0 Å². The normalized spacial score (nSPS) is 23.5. The van der Waals surface area contributed by atoms with Crippen LogP contribution in [0.4, 0.5) is 11.6 Å². The molecule has 1 atom stereocenters. The van der Waals surface area contributed by atoms with Crippen molar-refractivity contribution in [2.45, 2.75) is 75.4 Å². The number of rotatable bonds is 5. The number of hydrogen-bond acceptors (Lipinski definition) is 5. The Hall–Kier alpha value is -1.77. The molecule has 1 unspecified atom stereocenters. The number of H-pyrrole nitrogens is 1. The summed E-state index contributed by atoms with van der Waals surface area (Å²) in [6, 6.07) is 2.43. The zero-order valence-corrected chi connectivity index (χ0v) is 19.2. The van der Waals surface area contributed by atoms with Gasteiger partial charge in [-0.3, -0.25) is 4.90 Å². The third-order valence-corrected chi connectivity index (χ3v) is 9.47. The molecule has 1 spiro atoms. The van der Waals surface area contributed by atoms with Crippen LogP contribution < -0.4 is 5.32 Å². The standard InChI is InChI=1S/C23H32N6OS/c1-2-28-12-9-23(28)10-13-29(14-11-23)31(30)22-25-21(26-27-22)24-20-18-7-3-5-16(18)15-17-6-4-8-19(17)20/h15H,2-14H2,1H3,(H2,24,25,26,27). The van der Waals surface area contributed by atoms with E-state index < -0.39 is 11.0 Å². The van der Waals surface area contributed by atoms with Gasteiger partial charge in [0.25, 0.3) is 0 Å². The maximum atomic E-state index is 13.2. The van der Waals surface area contributed by atoms with Gasteiger partial charge in [0.2, 0.25) is 11.1 Å². The van der Waals surface area contributed by atoms with Crippen LogP contribution in [0.15, 0.2) is 11.2 Å². The van der Waals surface area contributed by atoms with Gasteiger partial charge in [0.1, 0.15) is 0 Å². The average molecular weight is 441 g/mol. The quantitative estimate of drug-likeness (QED) is 0.747. The zero-order valence-electron chi connectivity index (χ0n) is 18.4. The van der Waals surface area contributed by atoms with E-state index in [4.69, 9.17) is 0 Å². The molecule has 7 nitrogen and oxygen atoms in total. The molecular weight excluding hydrogens is 408 g/mol. The van der Waals surface area contributed by atoms with Gasteiger partial charge in [0, 0.05) is 30.9 Å². The first-order valence-electron chi connectivity index (χ1n) is 11.9. The molecule has 3 heterocycles. The van der Waals surface area contributed by atoms with Crippen LogP contribution >= 0.6 is 0 Å². The van der Waals surface area contributed by atoms with Crippen LogP contribution in [-0.2, 0) is 36.7 Å². The van der Waals surface area contributed by atoms with Crippen molar-refractivity contribution in [2.24, 2.45) is 0 Å². The van der Waals surface area contributed by atoms with Crippen LogP contribution in [-0.4, -0.2) is 60.3 Å². The molecule has 0 amide bonds. The van der Waals surface area contributed by atoms with Crippen LogP contribution in [0.3, 0.4) is 0 Å². The van der Waals surface area contributed by atoms with E-state index in [0.29, 0.717) is 16.6 Å². The van der Waals surface area contributed by atoms with Gasteiger partial charge in [-0.25, -0.2) is 13.6 Å². The lowest BCUT2D eigenvalue weighted by Crippen LogP contribution is -2.63. The predicted octanol–water partition coefficient (Wildman–Crippen LogP) is 3.11. The van der Waals surface area contributed by atoms with Crippen LogP contribution in [0.2, 0.25) is 0 Å². The van der Waals surface area contributed by atoms with E-state index in [1.807, 2.05) is 0 Å². The number of hydrogen-bond donors (Lipinski definition) is 2. The lowest BCUT2D eigenvalue weighted by Gasteiger charge is -2.56. The number of piperidine rings is 1. The van der Waals surface area contributed by atoms with Crippen molar-refractivity contribution in [3.8, 4) is 0 Å². The van der Waals surface area contributed by atoms with Crippen LogP contribution in [0.1, 0.15) is 61.3 Å². The lowest BCUT2D eigenvalue weighted by molar-refractivity contribution is -0.0430. The molecule has 31 heavy (non-hydrogen) atoms. The highest BCUT2D eigenvalue weighted by Gasteiger charge is 2.46. The number of aromatic nitrogens is 3. The first kappa shape index (κ1) is 19.9. The fourth-order valence-electron chi connectivity index (χ4n) is 6.30. The molecule has 2 aromatic rings. The van der Waals surface area contributed by atoms with E-state index in [-0.39, 0.29) is 0 Å². The van der Waals surface area contributed by atoms with E-state index in [1.165, 1.54) is 66.6 Å². The Morgan fingerprint density at radius 2 is 1.74 bits per heavy atom. The Morgan fingerprint density at radius 3 is 2.35 bits per heavy atom. The number of fused-ring (bicyclic) bond motifs is 2. The second-order valence-corrected chi connectivity index (χ2v) is 11.0. The van der Waals surface area contributed by atoms with Crippen molar-refractivity contribution in [3.05, 3.63) is 28.3 Å². The minimum Gasteiger partial charge on any atom is -0.322 e. The fraction of sp³-hybridized carbons (Fsp3) is 0.652. The number of anilines is 2. The van der Waals surface area contributed by atoms with Crippen LogP contribution in [0.25, 0.3) is 0 Å². The van der Waals surface area contributed by atoms with Gasteiger partial charge in [0.15, 0.2) is 11.0 Å². The van der Waals surface area contributed by atoms with Gasteiger partial charge in [-0.2, -0.15) is 4.98 Å². The van der Waals surface area contributed by atoms with E-state index in [2.05, 4.69) is 42.7 Å². The number of aryl methyl sites for hydroxylation is 2. The van der Waals surface area contributed by atoms with Gasteiger partial charge in [0.05, 0.1) is 0 Å². The minimum absolute atomic E-state index is 0.359. The highest BCUT2D eigenvalue weighted by atomic mass is 32.2. The van der Waals surface area contributed by atoms with Crippen molar-refractivity contribution in [1.29, 1.82) is 0 Å². The fourth-order valence-corrected chi connectivity index (χ4v) is 7.34. The third-order valence-electron chi connectivity index (χ3n) is 8.13. The maximum absolute atomic E-state index is 13.2. The smallest absolute Gasteiger partial charge is 0.247 e. The molecule has 0 radical (unpaired) electrons. The first-order chi connectivity index (χ1) is 15.2. The van der Waals surface area contributed by atoms with E-state index in [0.717, 1.165) is 45.3 Å². The molecule has 2 aliphatic carbocycles. The highest BCUT2D eigenvalue weighted by Crippen LogP contribution is 2.41. The number of benzene rings is 1. The molecule has 2 N–H and O–H groups in total. The molecule has 1 aromatic carbocycles. The second-order valence-electron chi connectivity index (χ2n) is 9.56. The molecule has 6 rings (SSSR count). The van der Waals surface area contributed by atoms with Crippen molar-refractivity contribution >= 4 is 22.6 Å². The lowest BCUT2D eigenvalue weighted by atomic mass is 9.77. The number of likely N-dealkylation sites (tertiary alicyclic amines) is 1. The Morgan fingerprint density at radius 1 is 1.06 bits per heavy atom. The van der Waals surface area contributed by atoms with Crippen molar-refractivity contribution < 1.29 is 4.21 Å². The number of nitrogens with zero attached hydrogens (tertiary/aromatic N) is 4. The third kappa shape index (κ3) is 3.26.